The van der Waals surface area contributed by atoms with E-state index in [9.17, 15) is 4.79 Å². The standard InChI is InChI=1S/C14H17N3O2S/c1-9-3-2-4-17(6-9)7-10-5-11(14(18)19)16-13-12(10)15-8-20-13/h5,8-9H,2-4,6-7H2,1H3,(H,18,19)/t9-/m0/s1. The van der Waals surface area contributed by atoms with Crippen LogP contribution in [0.4, 0.5) is 0 Å². The van der Waals surface area contributed by atoms with Crippen LogP contribution >= 0.6 is 11.3 Å². The Morgan fingerprint density at radius 2 is 2.45 bits per heavy atom. The number of fused-ring (bicyclic) bond motifs is 1. The average molecular weight is 291 g/mol. The fraction of sp³-hybridized carbons (Fsp3) is 0.500. The summed E-state index contributed by atoms with van der Waals surface area (Å²) in [5, 5.41) is 9.16. The molecule has 3 rings (SSSR count). The van der Waals surface area contributed by atoms with Crippen LogP contribution in [0.1, 0.15) is 35.8 Å². The molecule has 0 radical (unpaired) electrons. The van der Waals surface area contributed by atoms with Crippen LogP contribution in [-0.4, -0.2) is 39.0 Å². The summed E-state index contributed by atoms with van der Waals surface area (Å²) in [6.07, 6.45) is 2.48. The fourth-order valence-corrected chi connectivity index (χ4v) is 3.52. The van der Waals surface area contributed by atoms with Crippen LogP contribution in [0.2, 0.25) is 0 Å². The molecule has 0 aromatic carbocycles. The van der Waals surface area contributed by atoms with Crippen LogP contribution in [0.25, 0.3) is 10.3 Å². The Kier molecular flexibility index (Phi) is 3.67. The van der Waals surface area contributed by atoms with Gasteiger partial charge in [0.25, 0.3) is 0 Å². The van der Waals surface area contributed by atoms with Gasteiger partial charge in [-0.3, -0.25) is 4.90 Å². The minimum atomic E-state index is -0.978. The van der Waals surface area contributed by atoms with Crippen LogP contribution in [0.3, 0.4) is 0 Å². The summed E-state index contributed by atoms with van der Waals surface area (Å²) in [6.45, 7) is 5.16. The van der Waals surface area contributed by atoms with Gasteiger partial charge in [0.15, 0.2) is 0 Å². The molecule has 2 aromatic heterocycles. The number of aromatic nitrogens is 2. The summed E-state index contributed by atoms with van der Waals surface area (Å²) in [7, 11) is 0. The summed E-state index contributed by atoms with van der Waals surface area (Å²) in [6, 6.07) is 1.67. The molecule has 1 aliphatic heterocycles. The smallest absolute Gasteiger partial charge is 0.354 e. The largest absolute Gasteiger partial charge is 0.477 e. The third kappa shape index (κ3) is 2.66. The molecule has 106 valence electrons. The molecule has 20 heavy (non-hydrogen) atoms. The van der Waals surface area contributed by atoms with Crippen molar-refractivity contribution in [2.45, 2.75) is 26.3 Å². The van der Waals surface area contributed by atoms with Crippen LogP contribution in [0.15, 0.2) is 11.6 Å². The molecule has 1 aliphatic rings. The number of piperidine rings is 1. The van der Waals surface area contributed by atoms with Crippen molar-refractivity contribution in [3.05, 3.63) is 22.8 Å². The van der Waals surface area contributed by atoms with Crippen molar-refractivity contribution in [1.29, 1.82) is 0 Å². The van der Waals surface area contributed by atoms with Crippen molar-refractivity contribution in [2.24, 2.45) is 5.92 Å². The normalized spacial score (nSPS) is 20.4. The molecular formula is C14H17N3O2S. The summed E-state index contributed by atoms with van der Waals surface area (Å²) >= 11 is 1.39. The highest BCUT2D eigenvalue weighted by Crippen LogP contribution is 2.24. The number of carboxylic acid groups (broad SMARTS) is 1. The summed E-state index contributed by atoms with van der Waals surface area (Å²) < 4.78 is 0. The number of carbonyl (C=O) groups is 1. The van der Waals surface area contributed by atoms with Crippen LogP contribution in [-0.2, 0) is 6.54 Å². The van der Waals surface area contributed by atoms with Gasteiger partial charge in [0, 0.05) is 13.1 Å². The summed E-state index contributed by atoms with van der Waals surface area (Å²) in [5.41, 5.74) is 3.66. The van der Waals surface area contributed by atoms with Gasteiger partial charge in [-0.05, 0) is 36.9 Å². The van der Waals surface area contributed by atoms with E-state index >= 15 is 0 Å². The van der Waals surface area contributed by atoms with E-state index in [0.29, 0.717) is 10.7 Å². The van der Waals surface area contributed by atoms with E-state index in [0.717, 1.165) is 30.7 Å². The van der Waals surface area contributed by atoms with Gasteiger partial charge in [0.05, 0.1) is 5.51 Å². The van der Waals surface area contributed by atoms with E-state index in [1.165, 1.54) is 24.2 Å². The number of rotatable bonds is 3. The molecule has 2 aromatic rings. The molecule has 0 amide bonds. The first-order valence-corrected chi connectivity index (χ1v) is 7.70. The highest BCUT2D eigenvalue weighted by atomic mass is 32.1. The Bertz CT molecular complexity index is 640. The lowest BCUT2D eigenvalue weighted by Crippen LogP contribution is -2.33. The molecule has 0 spiro atoms. The lowest BCUT2D eigenvalue weighted by atomic mass is 10.00. The van der Waals surface area contributed by atoms with E-state index < -0.39 is 5.97 Å². The topological polar surface area (TPSA) is 66.3 Å². The number of thiazole rings is 1. The van der Waals surface area contributed by atoms with Gasteiger partial charge in [-0.15, -0.1) is 11.3 Å². The monoisotopic (exact) mass is 291 g/mol. The quantitative estimate of drug-likeness (QED) is 0.941. The molecule has 1 fully saturated rings. The second-order valence-corrected chi connectivity index (χ2v) is 6.29. The van der Waals surface area contributed by atoms with Gasteiger partial charge in [-0.2, -0.15) is 0 Å². The van der Waals surface area contributed by atoms with Crippen molar-refractivity contribution in [1.82, 2.24) is 14.9 Å². The predicted octanol–water partition coefficient (Wildman–Crippen LogP) is 2.62. The predicted molar refractivity (Wildman–Crippen MR) is 78.0 cm³/mol. The van der Waals surface area contributed by atoms with Crippen molar-refractivity contribution in [3.63, 3.8) is 0 Å². The molecule has 1 saturated heterocycles. The van der Waals surface area contributed by atoms with Gasteiger partial charge in [-0.25, -0.2) is 14.8 Å². The molecule has 0 bridgehead atoms. The first-order chi connectivity index (χ1) is 9.63. The maximum atomic E-state index is 11.2. The molecule has 6 heteroatoms. The van der Waals surface area contributed by atoms with Gasteiger partial charge >= 0.3 is 5.97 Å². The zero-order valence-corrected chi connectivity index (χ0v) is 12.2. The average Bonchev–Trinajstić information content (AvgIpc) is 2.87. The van der Waals surface area contributed by atoms with Crippen LogP contribution in [0.5, 0.6) is 0 Å². The number of nitrogens with zero attached hydrogens (tertiary/aromatic N) is 3. The van der Waals surface area contributed by atoms with Gasteiger partial charge in [-0.1, -0.05) is 6.92 Å². The van der Waals surface area contributed by atoms with Crippen molar-refractivity contribution in [2.75, 3.05) is 13.1 Å². The lowest BCUT2D eigenvalue weighted by Gasteiger charge is -2.30. The molecule has 0 saturated carbocycles. The van der Waals surface area contributed by atoms with E-state index in [-0.39, 0.29) is 5.69 Å². The Morgan fingerprint density at radius 3 is 3.20 bits per heavy atom. The zero-order chi connectivity index (χ0) is 14.1. The number of likely N-dealkylation sites (tertiary alicyclic amines) is 1. The van der Waals surface area contributed by atoms with E-state index in [1.807, 2.05) is 0 Å². The number of aromatic carboxylic acids is 1. The third-order valence-corrected chi connectivity index (χ3v) is 4.46. The second-order valence-electron chi connectivity index (χ2n) is 5.46. The number of hydrogen-bond acceptors (Lipinski definition) is 5. The summed E-state index contributed by atoms with van der Waals surface area (Å²) in [5.74, 6) is -0.274. The number of hydrogen-bond donors (Lipinski definition) is 1. The third-order valence-electron chi connectivity index (χ3n) is 3.74. The molecule has 1 atom stereocenters. The van der Waals surface area contributed by atoms with Gasteiger partial charge in [0.2, 0.25) is 0 Å². The lowest BCUT2D eigenvalue weighted by molar-refractivity contribution is 0.0690. The van der Waals surface area contributed by atoms with Crippen molar-refractivity contribution < 1.29 is 9.90 Å². The van der Waals surface area contributed by atoms with E-state index in [2.05, 4.69) is 21.8 Å². The van der Waals surface area contributed by atoms with Crippen LogP contribution < -0.4 is 0 Å². The molecule has 1 N–H and O–H groups in total. The molecule has 5 nitrogen and oxygen atoms in total. The highest BCUT2D eigenvalue weighted by molar-refractivity contribution is 7.16. The SMILES string of the molecule is C[C@H]1CCCN(Cc2cc(C(=O)O)nc3scnc23)C1. The van der Waals surface area contributed by atoms with Crippen molar-refractivity contribution >= 4 is 27.7 Å². The maximum absolute atomic E-state index is 11.2. The molecular weight excluding hydrogens is 274 g/mol. The number of carboxylic acids is 1. The molecule has 0 aliphatic carbocycles. The maximum Gasteiger partial charge on any atom is 0.354 e. The number of pyridine rings is 1. The molecule has 0 unspecified atom stereocenters. The molecule has 3 heterocycles. The van der Waals surface area contributed by atoms with E-state index in [1.54, 1.807) is 11.6 Å². The van der Waals surface area contributed by atoms with Crippen LogP contribution in [0, 0.1) is 5.92 Å². The van der Waals surface area contributed by atoms with E-state index in [4.69, 9.17) is 5.11 Å². The van der Waals surface area contributed by atoms with Gasteiger partial charge < -0.3 is 5.11 Å². The minimum Gasteiger partial charge on any atom is -0.477 e. The fourth-order valence-electron chi connectivity index (χ4n) is 2.82. The Balaban J connectivity index is 1.93. The summed E-state index contributed by atoms with van der Waals surface area (Å²) in [4.78, 5) is 22.7. The first kappa shape index (κ1) is 13.5. The zero-order valence-electron chi connectivity index (χ0n) is 11.4. The second kappa shape index (κ2) is 5.46. The first-order valence-electron chi connectivity index (χ1n) is 6.82. The minimum absolute atomic E-state index is 0.113. The Hall–Kier alpha value is -1.53. The Morgan fingerprint density at radius 1 is 1.60 bits per heavy atom. The van der Waals surface area contributed by atoms with Gasteiger partial charge in [0.1, 0.15) is 16.0 Å². The Labute approximate surface area is 121 Å². The highest BCUT2D eigenvalue weighted by Gasteiger charge is 2.19. The van der Waals surface area contributed by atoms with Crippen molar-refractivity contribution in [3.8, 4) is 0 Å².